The average molecular weight is 384 g/mol. The maximum absolute atomic E-state index is 12.9. The second kappa shape index (κ2) is 7.49. The number of rotatable bonds is 5. The lowest BCUT2D eigenvalue weighted by Crippen LogP contribution is -2.41. The molecule has 0 bridgehead atoms. The molecule has 0 radical (unpaired) electrons. The van der Waals surface area contributed by atoms with Crippen molar-refractivity contribution in [1.82, 2.24) is 5.32 Å². The predicted molar refractivity (Wildman–Crippen MR) is 112 cm³/mol. The Balaban J connectivity index is 2.15. The summed E-state index contributed by atoms with van der Waals surface area (Å²) in [5, 5.41) is 13.1. The largest absolute Gasteiger partial charge is 0.396 e. The minimum absolute atomic E-state index is 0.0348. The van der Waals surface area contributed by atoms with E-state index in [4.69, 9.17) is 11.6 Å². The van der Waals surface area contributed by atoms with E-state index in [1.54, 1.807) is 0 Å². The molecule has 2 aromatic carbocycles. The van der Waals surface area contributed by atoms with E-state index in [-0.39, 0.29) is 12.5 Å². The first kappa shape index (κ1) is 19.7. The van der Waals surface area contributed by atoms with Crippen molar-refractivity contribution in [2.24, 2.45) is 0 Å². The minimum atomic E-state index is -0.412. The van der Waals surface area contributed by atoms with Crippen LogP contribution in [0.2, 0.25) is 5.02 Å². The number of nitrogens with one attached hydrogen (secondary N) is 1. The van der Waals surface area contributed by atoms with Crippen molar-refractivity contribution >= 4 is 23.1 Å². The lowest BCUT2D eigenvalue weighted by Gasteiger charge is -2.26. The van der Waals surface area contributed by atoms with Crippen molar-refractivity contribution < 1.29 is 9.90 Å². The molecule has 2 N–H and O–H groups in total. The second-order valence-electron chi connectivity index (χ2n) is 7.55. The third-order valence-corrected chi connectivity index (χ3v) is 5.98. The minimum Gasteiger partial charge on any atom is -0.396 e. The van der Waals surface area contributed by atoms with Crippen molar-refractivity contribution in [3.05, 3.63) is 63.7 Å². The number of hydrogen-bond donors (Lipinski definition) is 2. The Kier molecular flexibility index (Phi) is 5.45. The van der Waals surface area contributed by atoms with Gasteiger partial charge in [0.1, 0.15) is 0 Å². The molecule has 1 unspecified atom stereocenters. The number of amides is 1. The van der Waals surface area contributed by atoms with Gasteiger partial charge in [-0.2, -0.15) is 0 Å². The second-order valence-corrected chi connectivity index (χ2v) is 7.99. The van der Waals surface area contributed by atoms with E-state index in [2.05, 4.69) is 24.4 Å². The van der Waals surface area contributed by atoms with Crippen LogP contribution in [-0.2, 0) is 4.79 Å². The van der Waals surface area contributed by atoms with Crippen LogP contribution in [0, 0.1) is 13.8 Å². The molecular weight excluding hydrogens is 358 g/mol. The molecule has 3 nitrogen and oxygen atoms in total. The summed E-state index contributed by atoms with van der Waals surface area (Å²) in [6.07, 6.45) is 1.38. The molecule has 1 atom stereocenters. The van der Waals surface area contributed by atoms with E-state index in [9.17, 15) is 9.90 Å². The molecule has 3 rings (SSSR count). The van der Waals surface area contributed by atoms with Gasteiger partial charge in [-0.15, -0.1) is 0 Å². The van der Waals surface area contributed by atoms with E-state index in [0.717, 1.165) is 45.4 Å². The molecular formula is C23H26ClNO2. The Hall–Kier alpha value is -2.10. The number of carbonyl (C=O) groups is 1. The number of carbonyl (C=O) groups excluding carboxylic acids is 1. The molecule has 1 amide bonds. The van der Waals surface area contributed by atoms with E-state index >= 15 is 0 Å². The van der Waals surface area contributed by atoms with E-state index in [0.29, 0.717) is 11.4 Å². The zero-order valence-corrected chi connectivity index (χ0v) is 17.1. The summed E-state index contributed by atoms with van der Waals surface area (Å²) in [7, 11) is 0. The Morgan fingerprint density at radius 3 is 2.37 bits per heavy atom. The van der Waals surface area contributed by atoms with Crippen LogP contribution in [0.4, 0.5) is 0 Å². The summed E-state index contributed by atoms with van der Waals surface area (Å²) in [5.41, 5.74) is 6.76. The fraction of sp³-hybridized carbons (Fsp3) is 0.348. The standard InChI is InChI=1S/C23H26ClNO2/c1-14-6-11-19(17-7-9-18(24)10-8-17)15(2)20(14)21-16(3)23(4,12-5-13-26)25-22(21)27/h6-11,26H,5,12-13H2,1-4H3,(H,25,27). The van der Waals surface area contributed by atoms with Gasteiger partial charge in [-0.25, -0.2) is 0 Å². The highest BCUT2D eigenvalue weighted by atomic mass is 35.5. The highest BCUT2D eigenvalue weighted by Gasteiger charge is 2.39. The van der Waals surface area contributed by atoms with Gasteiger partial charge in [0.2, 0.25) is 0 Å². The van der Waals surface area contributed by atoms with Crippen LogP contribution in [-0.4, -0.2) is 23.2 Å². The first-order valence-electron chi connectivity index (χ1n) is 9.29. The van der Waals surface area contributed by atoms with E-state index < -0.39 is 5.54 Å². The van der Waals surface area contributed by atoms with E-state index in [1.807, 2.05) is 45.0 Å². The van der Waals surface area contributed by atoms with Crippen LogP contribution in [0.3, 0.4) is 0 Å². The third-order valence-electron chi connectivity index (χ3n) is 5.73. The summed E-state index contributed by atoms with van der Waals surface area (Å²) >= 11 is 6.03. The maximum Gasteiger partial charge on any atom is 0.252 e. The van der Waals surface area contributed by atoms with Crippen molar-refractivity contribution in [3.8, 4) is 11.1 Å². The summed E-state index contributed by atoms with van der Waals surface area (Å²) < 4.78 is 0. The molecule has 27 heavy (non-hydrogen) atoms. The molecule has 0 saturated heterocycles. The molecule has 4 heteroatoms. The zero-order valence-electron chi connectivity index (χ0n) is 16.3. The van der Waals surface area contributed by atoms with Gasteiger partial charge in [0.25, 0.3) is 5.91 Å². The number of hydrogen-bond acceptors (Lipinski definition) is 2. The van der Waals surface area contributed by atoms with Crippen molar-refractivity contribution in [2.75, 3.05) is 6.61 Å². The van der Waals surface area contributed by atoms with E-state index in [1.165, 1.54) is 0 Å². The highest BCUT2D eigenvalue weighted by Crippen LogP contribution is 2.40. The van der Waals surface area contributed by atoms with Gasteiger partial charge < -0.3 is 10.4 Å². The van der Waals surface area contributed by atoms with Gasteiger partial charge in [-0.3, -0.25) is 4.79 Å². The quantitative estimate of drug-likeness (QED) is 0.758. The fourth-order valence-electron chi connectivity index (χ4n) is 4.01. The van der Waals surface area contributed by atoms with Crippen LogP contribution in [0.1, 0.15) is 43.4 Å². The highest BCUT2D eigenvalue weighted by molar-refractivity contribution is 6.30. The van der Waals surface area contributed by atoms with Crippen LogP contribution in [0.15, 0.2) is 42.0 Å². The zero-order chi connectivity index (χ0) is 19.8. The molecule has 1 aliphatic rings. The molecule has 0 saturated carbocycles. The Morgan fingerprint density at radius 2 is 1.74 bits per heavy atom. The molecule has 0 fully saturated rings. The van der Waals surface area contributed by atoms with Gasteiger partial charge >= 0.3 is 0 Å². The topological polar surface area (TPSA) is 49.3 Å². The number of aryl methyl sites for hydroxylation is 1. The van der Waals surface area contributed by atoms with Crippen molar-refractivity contribution in [3.63, 3.8) is 0 Å². The average Bonchev–Trinajstić information content (AvgIpc) is 2.85. The molecule has 142 valence electrons. The van der Waals surface area contributed by atoms with Crippen LogP contribution < -0.4 is 5.32 Å². The Labute approximate surface area is 166 Å². The number of benzene rings is 2. The smallest absolute Gasteiger partial charge is 0.252 e. The summed E-state index contributed by atoms with van der Waals surface area (Å²) in [5.74, 6) is -0.0348. The Morgan fingerprint density at radius 1 is 1.07 bits per heavy atom. The molecule has 0 aromatic heterocycles. The SMILES string of the molecule is CC1=C(c2c(C)ccc(-c3ccc(Cl)cc3)c2C)C(=O)NC1(C)CCCO. The lowest BCUT2D eigenvalue weighted by molar-refractivity contribution is -0.116. The Bertz CT molecular complexity index is 915. The first-order chi connectivity index (χ1) is 12.8. The van der Waals surface area contributed by atoms with Crippen LogP contribution in [0.25, 0.3) is 16.7 Å². The maximum atomic E-state index is 12.9. The third kappa shape index (κ3) is 3.54. The van der Waals surface area contributed by atoms with Crippen LogP contribution in [0.5, 0.6) is 0 Å². The fourth-order valence-corrected chi connectivity index (χ4v) is 4.14. The molecule has 1 heterocycles. The van der Waals surface area contributed by atoms with Gasteiger partial charge in [-0.1, -0.05) is 35.9 Å². The molecule has 1 aliphatic heterocycles. The molecule has 0 aliphatic carbocycles. The monoisotopic (exact) mass is 383 g/mol. The van der Waals surface area contributed by atoms with Crippen molar-refractivity contribution in [1.29, 1.82) is 0 Å². The number of aliphatic hydroxyl groups excluding tert-OH is 1. The van der Waals surface area contributed by atoms with Gasteiger partial charge in [0.15, 0.2) is 0 Å². The van der Waals surface area contributed by atoms with Crippen LogP contribution >= 0.6 is 11.6 Å². The number of halogens is 1. The first-order valence-corrected chi connectivity index (χ1v) is 9.67. The normalized spacial score (nSPS) is 19.6. The van der Waals surface area contributed by atoms with Gasteiger partial charge in [0, 0.05) is 17.2 Å². The summed E-state index contributed by atoms with van der Waals surface area (Å²) in [4.78, 5) is 12.9. The molecule has 2 aromatic rings. The number of aliphatic hydroxyl groups is 1. The van der Waals surface area contributed by atoms with Gasteiger partial charge in [-0.05, 0) is 86.1 Å². The van der Waals surface area contributed by atoms with Crippen molar-refractivity contribution in [2.45, 2.75) is 46.1 Å². The summed E-state index contributed by atoms with van der Waals surface area (Å²) in [6, 6.07) is 12.0. The summed E-state index contributed by atoms with van der Waals surface area (Å²) in [6.45, 7) is 8.31. The lowest BCUT2D eigenvalue weighted by atomic mass is 9.83. The predicted octanol–water partition coefficient (Wildman–Crippen LogP) is 5.06. The van der Waals surface area contributed by atoms with Gasteiger partial charge in [0.05, 0.1) is 5.54 Å². The molecule has 0 spiro atoms.